The number of hydrogen-bond donors (Lipinski definition) is 3. The van der Waals surface area contributed by atoms with E-state index in [0.29, 0.717) is 23.5 Å². The van der Waals surface area contributed by atoms with Crippen LogP contribution >= 0.6 is 11.3 Å². The molecule has 0 radical (unpaired) electrons. The molecule has 2 heterocycles. The summed E-state index contributed by atoms with van der Waals surface area (Å²) < 4.78 is 11.4. The van der Waals surface area contributed by atoms with Gasteiger partial charge in [0.2, 0.25) is 11.7 Å². The second-order valence-corrected chi connectivity index (χ2v) is 10.5. The van der Waals surface area contributed by atoms with Crippen molar-refractivity contribution in [2.45, 2.75) is 72.8 Å². The number of benzene rings is 1. The highest BCUT2D eigenvalue weighted by Crippen LogP contribution is 2.34. The molecule has 0 spiro atoms. The quantitative estimate of drug-likeness (QED) is 0.332. The lowest BCUT2D eigenvalue weighted by Gasteiger charge is -2.24. The van der Waals surface area contributed by atoms with E-state index in [9.17, 15) is 15.0 Å². The van der Waals surface area contributed by atoms with Crippen molar-refractivity contribution in [1.29, 1.82) is 0 Å². The van der Waals surface area contributed by atoms with Gasteiger partial charge in [0, 0.05) is 29.4 Å². The van der Waals surface area contributed by atoms with Gasteiger partial charge < -0.3 is 25.2 Å². The van der Waals surface area contributed by atoms with Gasteiger partial charge in [-0.2, -0.15) is 4.98 Å². The normalized spacial score (nSPS) is 13.4. The number of thiophene rings is 1. The standard InChI is InChI=1S/C26H36N4O5S/c1-7-30(14(2)3)12-22-15(4)10-21(36-22)26-28-25(29-35-26)18-8-16(5)23(17(6)9-18)34-13-19(31)11-20(32)24(27)33/h8-10,14,19-20,31-32H,7,11-13H2,1-6H3,(H2,27,33)/t19-,20?/m0/s1. The van der Waals surface area contributed by atoms with Gasteiger partial charge in [0.15, 0.2) is 0 Å². The number of hydrogen-bond acceptors (Lipinski definition) is 9. The Kier molecular flexibility index (Phi) is 9.24. The summed E-state index contributed by atoms with van der Waals surface area (Å²) in [5.74, 6) is 0.706. The molecule has 1 amide bonds. The van der Waals surface area contributed by atoms with Crippen molar-refractivity contribution in [2.24, 2.45) is 5.73 Å². The zero-order valence-electron chi connectivity index (χ0n) is 21.7. The summed E-state index contributed by atoms with van der Waals surface area (Å²) in [4.78, 5) is 20.3. The topological polar surface area (TPSA) is 135 Å². The summed E-state index contributed by atoms with van der Waals surface area (Å²) in [6, 6.07) is 6.36. The average molecular weight is 517 g/mol. The van der Waals surface area contributed by atoms with Gasteiger partial charge in [-0.15, -0.1) is 11.3 Å². The molecule has 0 saturated heterocycles. The van der Waals surface area contributed by atoms with E-state index in [1.54, 1.807) is 11.3 Å². The zero-order valence-corrected chi connectivity index (χ0v) is 22.6. The van der Waals surface area contributed by atoms with Crippen LogP contribution in [-0.4, -0.2) is 62.6 Å². The van der Waals surface area contributed by atoms with Gasteiger partial charge in [0.05, 0.1) is 11.0 Å². The number of nitrogens with zero attached hydrogens (tertiary/aromatic N) is 3. The molecule has 3 aromatic rings. The van der Waals surface area contributed by atoms with Crippen LogP contribution in [0.2, 0.25) is 0 Å². The molecular weight excluding hydrogens is 480 g/mol. The minimum Gasteiger partial charge on any atom is -0.490 e. The Morgan fingerprint density at radius 3 is 2.42 bits per heavy atom. The SMILES string of the molecule is CCN(Cc1sc(-c2nc(-c3cc(C)c(OC[C@@H](O)CC(O)C(N)=O)c(C)c3)no2)cc1C)C(C)C. The third-order valence-corrected chi connectivity index (χ3v) is 7.31. The molecule has 2 aromatic heterocycles. The van der Waals surface area contributed by atoms with E-state index in [2.05, 4.69) is 48.8 Å². The van der Waals surface area contributed by atoms with Gasteiger partial charge in [-0.3, -0.25) is 9.69 Å². The molecule has 0 aliphatic rings. The van der Waals surface area contributed by atoms with Crippen molar-refractivity contribution in [3.63, 3.8) is 0 Å². The highest BCUT2D eigenvalue weighted by molar-refractivity contribution is 7.15. The molecule has 9 nitrogen and oxygen atoms in total. The molecule has 0 aliphatic heterocycles. The monoisotopic (exact) mass is 516 g/mol. The van der Waals surface area contributed by atoms with Gasteiger partial charge in [-0.25, -0.2) is 0 Å². The summed E-state index contributed by atoms with van der Waals surface area (Å²) >= 11 is 1.68. The van der Waals surface area contributed by atoms with Crippen LogP contribution in [-0.2, 0) is 11.3 Å². The lowest BCUT2D eigenvalue weighted by Crippen LogP contribution is -2.33. The molecule has 36 heavy (non-hydrogen) atoms. The molecular formula is C26H36N4O5S. The van der Waals surface area contributed by atoms with Crippen LogP contribution in [0.4, 0.5) is 0 Å². The number of nitrogens with two attached hydrogens (primary N) is 1. The Morgan fingerprint density at radius 2 is 1.83 bits per heavy atom. The molecule has 2 atom stereocenters. The molecule has 0 bridgehead atoms. The summed E-state index contributed by atoms with van der Waals surface area (Å²) in [6.45, 7) is 14.3. The van der Waals surface area contributed by atoms with E-state index in [1.807, 2.05) is 26.0 Å². The smallest absolute Gasteiger partial charge is 0.268 e. The lowest BCUT2D eigenvalue weighted by molar-refractivity contribution is -0.127. The van der Waals surface area contributed by atoms with Crippen LogP contribution in [0.5, 0.6) is 5.75 Å². The first-order chi connectivity index (χ1) is 17.0. The summed E-state index contributed by atoms with van der Waals surface area (Å²) in [7, 11) is 0. The van der Waals surface area contributed by atoms with Crippen LogP contribution in [0.3, 0.4) is 0 Å². The number of amides is 1. The van der Waals surface area contributed by atoms with Crippen LogP contribution in [0.1, 0.15) is 48.8 Å². The lowest BCUT2D eigenvalue weighted by atomic mass is 10.1. The van der Waals surface area contributed by atoms with Gasteiger partial charge in [0.1, 0.15) is 18.5 Å². The number of aliphatic hydroxyl groups excluding tert-OH is 2. The minimum atomic E-state index is -1.41. The maximum absolute atomic E-state index is 11.0. The highest BCUT2D eigenvalue weighted by Gasteiger charge is 2.20. The number of primary amides is 1. The van der Waals surface area contributed by atoms with Gasteiger partial charge in [-0.1, -0.05) is 12.1 Å². The Labute approximate surface area is 215 Å². The summed E-state index contributed by atoms with van der Waals surface area (Å²) in [6.07, 6.45) is -2.63. The number of carbonyl (C=O) groups is 1. The van der Waals surface area contributed by atoms with Crippen LogP contribution in [0, 0.1) is 20.8 Å². The summed E-state index contributed by atoms with van der Waals surface area (Å²) in [5, 5.41) is 23.8. The Bertz CT molecular complexity index is 1170. The van der Waals surface area contributed by atoms with Crippen molar-refractivity contribution in [3.05, 3.63) is 39.8 Å². The molecule has 0 saturated carbocycles. The third-order valence-electron chi connectivity index (χ3n) is 6.10. The molecule has 10 heteroatoms. The number of rotatable bonds is 12. The van der Waals surface area contributed by atoms with Gasteiger partial charge in [0.25, 0.3) is 5.89 Å². The molecule has 0 aliphatic carbocycles. The number of aryl methyl sites for hydroxylation is 3. The fourth-order valence-electron chi connectivity index (χ4n) is 4.00. The second-order valence-electron chi connectivity index (χ2n) is 9.35. The van der Waals surface area contributed by atoms with Crippen molar-refractivity contribution in [1.82, 2.24) is 15.0 Å². The largest absolute Gasteiger partial charge is 0.490 e. The van der Waals surface area contributed by atoms with E-state index >= 15 is 0 Å². The highest BCUT2D eigenvalue weighted by atomic mass is 32.1. The number of aromatic nitrogens is 2. The third kappa shape index (κ3) is 6.70. The fraction of sp³-hybridized carbons (Fsp3) is 0.500. The Balaban J connectivity index is 1.74. The van der Waals surface area contributed by atoms with Crippen LogP contribution < -0.4 is 10.5 Å². The minimum absolute atomic E-state index is 0.0793. The zero-order chi connectivity index (χ0) is 26.6. The maximum Gasteiger partial charge on any atom is 0.268 e. The van der Waals surface area contributed by atoms with Crippen LogP contribution in [0.15, 0.2) is 22.7 Å². The van der Waals surface area contributed by atoms with Gasteiger partial charge in [-0.05, 0) is 76.1 Å². The molecule has 196 valence electrons. The maximum atomic E-state index is 11.0. The van der Waals surface area contributed by atoms with Crippen molar-refractivity contribution in [2.75, 3.05) is 13.2 Å². The predicted molar refractivity (Wildman–Crippen MR) is 140 cm³/mol. The Hall–Kier alpha value is -2.79. The first kappa shape index (κ1) is 27.8. The second kappa shape index (κ2) is 12.0. The first-order valence-electron chi connectivity index (χ1n) is 12.1. The number of carbonyl (C=O) groups excluding carboxylic acids is 1. The predicted octanol–water partition coefficient (Wildman–Crippen LogP) is 3.60. The van der Waals surface area contributed by atoms with E-state index < -0.39 is 18.1 Å². The van der Waals surface area contributed by atoms with E-state index in [1.165, 1.54) is 10.4 Å². The first-order valence-corrected chi connectivity index (χ1v) is 12.9. The van der Waals surface area contributed by atoms with Gasteiger partial charge >= 0.3 is 0 Å². The molecule has 1 unspecified atom stereocenters. The van der Waals surface area contributed by atoms with Crippen LogP contribution in [0.25, 0.3) is 22.2 Å². The van der Waals surface area contributed by atoms with Crippen molar-refractivity contribution < 1.29 is 24.3 Å². The van der Waals surface area contributed by atoms with E-state index in [4.69, 9.17) is 15.0 Å². The van der Waals surface area contributed by atoms with E-state index in [-0.39, 0.29) is 13.0 Å². The average Bonchev–Trinajstić information content (AvgIpc) is 3.43. The number of aliphatic hydroxyl groups is 2. The van der Waals surface area contributed by atoms with Crippen molar-refractivity contribution in [3.8, 4) is 27.9 Å². The molecule has 4 N–H and O–H groups in total. The number of ether oxygens (including phenoxy) is 1. The van der Waals surface area contributed by atoms with E-state index in [0.717, 1.165) is 34.7 Å². The summed E-state index contributed by atoms with van der Waals surface area (Å²) in [5.41, 5.74) is 8.71. The molecule has 1 aromatic carbocycles. The molecule has 0 fully saturated rings. The fourth-order valence-corrected chi connectivity index (χ4v) is 5.12. The molecule has 3 rings (SSSR count). The van der Waals surface area contributed by atoms with Crippen molar-refractivity contribution >= 4 is 17.2 Å². The Morgan fingerprint density at radius 1 is 1.17 bits per heavy atom.